The van der Waals surface area contributed by atoms with Crippen molar-refractivity contribution in [2.45, 2.75) is 70.2 Å². The summed E-state index contributed by atoms with van der Waals surface area (Å²) >= 11 is 0. The molecule has 8 N–H and O–H groups in total. The Morgan fingerprint density at radius 3 is 1.47 bits per heavy atom. The monoisotopic (exact) mass is 283 g/mol. The molecular weight excluding hydrogens is 254 g/mol. The van der Waals surface area contributed by atoms with E-state index in [1.807, 2.05) is 0 Å². The first kappa shape index (κ1) is 21.0. The van der Waals surface area contributed by atoms with E-state index in [1.54, 1.807) is 0 Å². The normalized spacial score (nSPS) is 18.8. The number of rotatable bonds is 8. The Kier molecular flexibility index (Phi) is 14.1. The van der Waals surface area contributed by atoms with Crippen LogP contribution in [-0.2, 0) is 0 Å². The number of aliphatic hydroxyl groups excluding tert-OH is 6. The molecule has 0 heterocycles. The standard InChI is InChI=1S/C6H15NO6.C6H14/c7-6(13)5(12)4(11)3(10)2(9)1-8;1-3-5-6-4-2/h2-6,8-13H,1,7H2;3-6H2,1-2H3. The molecule has 5 atom stereocenters. The highest BCUT2D eigenvalue weighted by molar-refractivity contribution is 4.82. The molecule has 0 aliphatic heterocycles. The lowest BCUT2D eigenvalue weighted by Crippen LogP contribution is -2.52. The molecule has 19 heavy (non-hydrogen) atoms. The van der Waals surface area contributed by atoms with Gasteiger partial charge in [-0.1, -0.05) is 39.5 Å². The lowest BCUT2D eigenvalue weighted by molar-refractivity contribution is -0.139. The van der Waals surface area contributed by atoms with Crippen LogP contribution in [0, 0.1) is 0 Å². The molecule has 0 aromatic heterocycles. The maximum atomic E-state index is 9.05. The molecule has 118 valence electrons. The van der Waals surface area contributed by atoms with Crippen molar-refractivity contribution >= 4 is 0 Å². The molecule has 0 amide bonds. The van der Waals surface area contributed by atoms with Gasteiger partial charge in [-0.15, -0.1) is 0 Å². The number of hydrogen-bond donors (Lipinski definition) is 7. The zero-order valence-corrected chi connectivity index (χ0v) is 11.7. The van der Waals surface area contributed by atoms with Crippen molar-refractivity contribution in [3.63, 3.8) is 0 Å². The largest absolute Gasteiger partial charge is 0.394 e. The molecule has 0 aromatic rings. The summed E-state index contributed by atoms with van der Waals surface area (Å²) in [6, 6.07) is 0. The molecule has 0 spiro atoms. The molecule has 5 unspecified atom stereocenters. The minimum atomic E-state index is -1.82. The van der Waals surface area contributed by atoms with Gasteiger partial charge in [-0.2, -0.15) is 0 Å². The molecule has 0 aromatic carbocycles. The van der Waals surface area contributed by atoms with E-state index in [9.17, 15) is 0 Å². The predicted octanol–water partition coefficient (Wildman–Crippen LogP) is -1.71. The van der Waals surface area contributed by atoms with Gasteiger partial charge in [-0.25, -0.2) is 0 Å². The van der Waals surface area contributed by atoms with Gasteiger partial charge >= 0.3 is 0 Å². The zero-order chi connectivity index (χ0) is 15.4. The minimum absolute atomic E-state index is 0.772. The van der Waals surface area contributed by atoms with E-state index in [0.717, 1.165) is 0 Å². The van der Waals surface area contributed by atoms with Crippen LogP contribution >= 0.6 is 0 Å². The summed E-state index contributed by atoms with van der Waals surface area (Å²) in [5, 5.41) is 52.8. The zero-order valence-electron chi connectivity index (χ0n) is 11.7. The maximum Gasteiger partial charge on any atom is 0.131 e. The first-order valence-electron chi connectivity index (χ1n) is 6.60. The summed E-state index contributed by atoms with van der Waals surface area (Å²) in [6.07, 6.45) is -3.15. The molecular formula is C12H29NO6. The van der Waals surface area contributed by atoms with Gasteiger partial charge in [0.1, 0.15) is 30.6 Å². The Hall–Kier alpha value is -0.280. The smallest absolute Gasteiger partial charge is 0.131 e. The van der Waals surface area contributed by atoms with Gasteiger partial charge in [0.15, 0.2) is 0 Å². The molecule has 0 saturated carbocycles. The Morgan fingerprint density at radius 2 is 1.21 bits per heavy atom. The van der Waals surface area contributed by atoms with Crippen LogP contribution in [0.4, 0.5) is 0 Å². The third-order valence-electron chi connectivity index (χ3n) is 2.59. The van der Waals surface area contributed by atoms with Gasteiger partial charge in [0.25, 0.3) is 0 Å². The minimum Gasteiger partial charge on any atom is -0.394 e. The summed E-state index contributed by atoms with van der Waals surface area (Å²) in [6.45, 7) is 3.69. The Bertz CT molecular complexity index is 189. The van der Waals surface area contributed by atoms with Crippen LogP contribution in [0.15, 0.2) is 0 Å². The summed E-state index contributed by atoms with van der Waals surface area (Å²) in [7, 11) is 0. The van der Waals surface area contributed by atoms with Crippen LogP contribution in [-0.4, -0.2) is 67.9 Å². The third kappa shape index (κ3) is 10.2. The first-order valence-corrected chi connectivity index (χ1v) is 6.60. The van der Waals surface area contributed by atoms with Crippen molar-refractivity contribution in [3.05, 3.63) is 0 Å². The highest BCUT2D eigenvalue weighted by Gasteiger charge is 2.32. The average Bonchev–Trinajstić information content (AvgIpc) is 2.42. The van der Waals surface area contributed by atoms with Crippen LogP contribution < -0.4 is 5.73 Å². The Morgan fingerprint density at radius 1 is 0.789 bits per heavy atom. The third-order valence-corrected chi connectivity index (χ3v) is 2.59. The second kappa shape index (κ2) is 12.7. The van der Waals surface area contributed by atoms with Crippen LogP contribution in [0.3, 0.4) is 0 Å². The van der Waals surface area contributed by atoms with E-state index in [0.29, 0.717) is 0 Å². The molecule has 0 aliphatic carbocycles. The van der Waals surface area contributed by atoms with Gasteiger partial charge in [-0.3, -0.25) is 0 Å². The van der Waals surface area contributed by atoms with Crippen LogP contribution in [0.5, 0.6) is 0 Å². The fourth-order valence-electron chi connectivity index (χ4n) is 1.24. The van der Waals surface area contributed by atoms with Crippen LogP contribution in [0.1, 0.15) is 39.5 Å². The SMILES string of the molecule is CCCCCC.NC(O)C(O)C(O)C(O)C(O)CO. The summed E-state index contributed by atoms with van der Waals surface area (Å²) < 4.78 is 0. The van der Waals surface area contributed by atoms with E-state index < -0.39 is 37.3 Å². The molecule has 7 nitrogen and oxygen atoms in total. The van der Waals surface area contributed by atoms with Crippen molar-refractivity contribution in [1.29, 1.82) is 0 Å². The lowest BCUT2D eigenvalue weighted by atomic mass is 10.0. The van der Waals surface area contributed by atoms with Gasteiger partial charge in [0.2, 0.25) is 0 Å². The van der Waals surface area contributed by atoms with Crippen molar-refractivity contribution in [2.75, 3.05) is 6.61 Å². The predicted molar refractivity (Wildman–Crippen MR) is 71.1 cm³/mol. The molecule has 0 radical (unpaired) electrons. The highest BCUT2D eigenvalue weighted by atomic mass is 16.4. The van der Waals surface area contributed by atoms with Crippen molar-refractivity contribution in [2.24, 2.45) is 5.73 Å². The molecule has 7 heteroatoms. The van der Waals surface area contributed by atoms with Gasteiger partial charge in [0, 0.05) is 0 Å². The Labute approximate surface area is 114 Å². The topological polar surface area (TPSA) is 147 Å². The van der Waals surface area contributed by atoms with E-state index >= 15 is 0 Å². The van der Waals surface area contributed by atoms with E-state index in [-0.39, 0.29) is 0 Å². The summed E-state index contributed by atoms with van der Waals surface area (Å²) in [4.78, 5) is 0. The molecule has 0 fully saturated rings. The number of nitrogens with two attached hydrogens (primary N) is 1. The maximum absolute atomic E-state index is 9.05. The fourth-order valence-corrected chi connectivity index (χ4v) is 1.24. The van der Waals surface area contributed by atoms with E-state index in [4.69, 9.17) is 36.4 Å². The fraction of sp³-hybridized carbons (Fsp3) is 1.00. The average molecular weight is 283 g/mol. The Balaban J connectivity index is 0. The van der Waals surface area contributed by atoms with Crippen LogP contribution in [0.2, 0.25) is 0 Å². The molecule has 0 aliphatic rings. The number of unbranched alkanes of at least 4 members (excludes halogenated alkanes) is 3. The van der Waals surface area contributed by atoms with E-state index in [2.05, 4.69) is 13.8 Å². The van der Waals surface area contributed by atoms with Gasteiger partial charge in [-0.05, 0) is 0 Å². The number of aliphatic hydroxyl groups is 6. The summed E-state index contributed by atoms with van der Waals surface area (Å²) in [5.41, 5.74) is 4.81. The molecule has 0 rings (SSSR count). The first-order chi connectivity index (χ1) is 8.83. The van der Waals surface area contributed by atoms with Gasteiger partial charge in [0.05, 0.1) is 6.61 Å². The van der Waals surface area contributed by atoms with Crippen LogP contribution in [0.25, 0.3) is 0 Å². The highest BCUT2D eigenvalue weighted by Crippen LogP contribution is 2.05. The summed E-state index contributed by atoms with van der Waals surface area (Å²) in [5.74, 6) is 0. The molecule has 0 saturated heterocycles. The van der Waals surface area contributed by atoms with Crippen molar-refractivity contribution in [3.8, 4) is 0 Å². The van der Waals surface area contributed by atoms with Crippen molar-refractivity contribution in [1.82, 2.24) is 0 Å². The second-order valence-corrected chi connectivity index (χ2v) is 4.42. The van der Waals surface area contributed by atoms with Gasteiger partial charge < -0.3 is 36.4 Å². The van der Waals surface area contributed by atoms with E-state index in [1.165, 1.54) is 25.7 Å². The second-order valence-electron chi connectivity index (χ2n) is 4.42. The quantitative estimate of drug-likeness (QED) is 0.207. The molecule has 0 bridgehead atoms. The lowest BCUT2D eigenvalue weighted by Gasteiger charge is -2.26. The van der Waals surface area contributed by atoms with Crippen molar-refractivity contribution < 1.29 is 30.6 Å². The number of hydrogen-bond acceptors (Lipinski definition) is 7.